The van der Waals surface area contributed by atoms with Crippen LogP contribution in [-0.4, -0.2) is 34.6 Å². The average molecular weight is 486 g/mol. The van der Waals surface area contributed by atoms with Crippen LogP contribution >= 0.6 is 0 Å². The van der Waals surface area contributed by atoms with Gasteiger partial charge in [-0.2, -0.15) is 0 Å². The van der Waals surface area contributed by atoms with Crippen LogP contribution < -0.4 is 20.1 Å². The molecule has 10 nitrogen and oxygen atoms in total. The number of rotatable bonds is 6. The van der Waals surface area contributed by atoms with Crippen molar-refractivity contribution in [3.8, 4) is 11.5 Å². The molecule has 0 aliphatic carbocycles. The zero-order chi connectivity index (χ0) is 25.4. The molecule has 1 amide bonds. The lowest BCUT2D eigenvalue weighted by molar-refractivity contribution is -0.385. The van der Waals surface area contributed by atoms with E-state index < -0.39 is 16.9 Å². The maximum absolute atomic E-state index is 13.7. The van der Waals surface area contributed by atoms with Crippen molar-refractivity contribution in [3.63, 3.8) is 0 Å². The Hall–Kier alpha value is -4.86. The van der Waals surface area contributed by atoms with Gasteiger partial charge in [0.2, 0.25) is 5.95 Å². The molecule has 0 spiro atoms. The number of hydrogen-bond acceptors (Lipinski definition) is 7. The number of allylic oxidation sites excluding steroid dienone is 1. The smallest absolute Gasteiger partial charge is 0.279 e. The molecule has 1 aliphatic rings. The van der Waals surface area contributed by atoms with Gasteiger partial charge in [0.1, 0.15) is 0 Å². The molecule has 2 heterocycles. The summed E-state index contributed by atoms with van der Waals surface area (Å²) in [5.74, 6) is 0.592. The quantitative estimate of drug-likeness (QED) is 0.291. The molecular weight excluding hydrogens is 462 g/mol. The van der Waals surface area contributed by atoms with Gasteiger partial charge in [0.15, 0.2) is 11.5 Å². The minimum absolute atomic E-state index is 0.215. The Morgan fingerprint density at radius 1 is 1.06 bits per heavy atom. The molecule has 2 N–H and O–H groups in total. The molecule has 182 valence electrons. The number of carbonyl (C=O) groups excluding carboxylic acids is 1. The Bertz CT molecular complexity index is 1530. The van der Waals surface area contributed by atoms with Gasteiger partial charge in [-0.3, -0.25) is 19.5 Å². The fourth-order valence-electron chi connectivity index (χ4n) is 4.51. The Morgan fingerprint density at radius 2 is 1.72 bits per heavy atom. The Labute approximate surface area is 206 Å². The second-order valence-electron chi connectivity index (χ2n) is 8.18. The summed E-state index contributed by atoms with van der Waals surface area (Å²) in [7, 11) is 2.86. The third kappa shape index (κ3) is 3.78. The maximum atomic E-state index is 13.7. The first-order valence-corrected chi connectivity index (χ1v) is 11.1. The first kappa shape index (κ1) is 22.9. The number of fused-ring (bicyclic) bond motifs is 3. The topological polar surface area (TPSA) is 121 Å². The van der Waals surface area contributed by atoms with Crippen LogP contribution in [0.5, 0.6) is 11.5 Å². The second-order valence-corrected chi connectivity index (χ2v) is 8.18. The van der Waals surface area contributed by atoms with E-state index in [1.165, 1.54) is 26.4 Å². The molecule has 3 aromatic carbocycles. The first-order valence-electron chi connectivity index (χ1n) is 11.1. The number of benzene rings is 3. The van der Waals surface area contributed by atoms with Crippen molar-refractivity contribution in [3.05, 3.63) is 88.0 Å². The standard InChI is InChI=1S/C26H23N5O5/c1-15-23(25(32)27-16-9-5-4-6-10-16)24(29-26-28-18-11-7-8-12-19(18)30(15)26)17-13-21(35-2)22(36-3)14-20(17)31(33)34/h4-14,24H,1-3H3,(H,27,32)(H,28,29). The number of anilines is 2. The maximum Gasteiger partial charge on any atom is 0.279 e. The van der Waals surface area contributed by atoms with E-state index in [4.69, 9.17) is 9.47 Å². The van der Waals surface area contributed by atoms with Gasteiger partial charge in [-0.05, 0) is 37.3 Å². The van der Waals surface area contributed by atoms with Crippen molar-refractivity contribution in [2.75, 3.05) is 24.9 Å². The molecule has 1 aromatic heterocycles. The third-order valence-corrected chi connectivity index (χ3v) is 6.16. The summed E-state index contributed by atoms with van der Waals surface area (Å²) in [6.07, 6.45) is 0. The highest BCUT2D eigenvalue weighted by Crippen LogP contribution is 2.44. The van der Waals surface area contributed by atoms with E-state index in [1.807, 2.05) is 47.0 Å². The van der Waals surface area contributed by atoms with Crippen LogP contribution in [0.25, 0.3) is 16.7 Å². The number of nitrogens with one attached hydrogen (secondary N) is 2. The average Bonchev–Trinajstić information content (AvgIpc) is 3.27. The molecule has 1 unspecified atom stereocenters. The fourth-order valence-corrected chi connectivity index (χ4v) is 4.51. The third-order valence-electron chi connectivity index (χ3n) is 6.16. The summed E-state index contributed by atoms with van der Waals surface area (Å²) in [6.45, 7) is 1.80. The van der Waals surface area contributed by atoms with Gasteiger partial charge in [-0.15, -0.1) is 0 Å². The Morgan fingerprint density at radius 3 is 2.42 bits per heavy atom. The highest BCUT2D eigenvalue weighted by atomic mass is 16.6. The monoisotopic (exact) mass is 485 g/mol. The van der Waals surface area contributed by atoms with E-state index >= 15 is 0 Å². The molecule has 0 saturated heterocycles. The lowest BCUT2D eigenvalue weighted by Gasteiger charge is -2.30. The lowest BCUT2D eigenvalue weighted by atomic mass is 9.93. The van der Waals surface area contributed by atoms with Crippen LogP contribution in [0.3, 0.4) is 0 Å². The largest absolute Gasteiger partial charge is 0.493 e. The normalized spacial score (nSPS) is 14.7. The van der Waals surface area contributed by atoms with Gasteiger partial charge in [0, 0.05) is 11.4 Å². The van der Waals surface area contributed by atoms with Crippen LogP contribution in [0, 0.1) is 10.1 Å². The van der Waals surface area contributed by atoms with E-state index in [0.717, 1.165) is 11.0 Å². The van der Waals surface area contributed by atoms with Crippen LogP contribution in [0.4, 0.5) is 17.3 Å². The van der Waals surface area contributed by atoms with Crippen molar-refractivity contribution in [1.29, 1.82) is 0 Å². The molecule has 4 aromatic rings. The summed E-state index contributed by atoms with van der Waals surface area (Å²) in [4.78, 5) is 30.0. The number of ether oxygens (including phenoxy) is 2. The number of aromatic nitrogens is 2. The second kappa shape index (κ2) is 9.06. The van der Waals surface area contributed by atoms with Crippen molar-refractivity contribution in [2.24, 2.45) is 0 Å². The summed E-state index contributed by atoms with van der Waals surface area (Å²) in [6, 6.07) is 18.5. The number of amides is 1. The lowest BCUT2D eigenvalue weighted by Crippen LogP contribution is -2.30. The molecular formula is C26H23N5O5. The van der Waals surface area contributed by atoms with Crippen molar-refractivity contribution in [1.82, 2.24) is 9.55 Å². The number of methoxy groups -OCH3 is 2. The SMILES string of the molecule is COc1cc(C2Nc3nc4ccccc4n3C(C)=C2C(=O)Nc2ccccc2)c([N+](=O)[O-])cc1OC. The number of nitrogens with zero attached hydrogens (tertiary/aromatic N) is 3. The van der Waals surface area contributed by atoms with E-state index in [1.54, 1.807) is 19.1 Å². The molecule has 1 atom stereocenters. The summed E-state index contributed by atoms with van der Waals surface area (Å²) < 4.78 is 12.6. The zero-order valence-corrected chi connectivity index (χ0v) is 19.8. The molecule has 0 bridgehead atoms. The first-order chi connectivity index (χ1) is 17.4. The molecule has 5 rings (SSSR count). The van der Waals surface area contributed by atoms with Crippen LogP contribution in [0.1, 0.15) is 18.5 Å². The van der Waals surface area contributed by atoms with Gasteiger partial charge >= 0.3 is 0 Å². The minimum atomic E-state index is -0.891. The molecule has 36 heavy (non-hydrogen) atoms. The number of imidazole rings is 1. The van der Waals surface area contributed by atoms with Crippen LogP contribution in [-0.2, 0) is 4.79 Å². The molecule has 0 radical (unpaired) electrons. The summed E-state index contributed by atoms with van der Waals surface area (Å²) in [5.41, 5.74) is 3.07. The number of hydrogen-bond donors (Lipinski definition) is 2. The minimum Gasteiger partial charge on any atom is -0.493 e. The highest BCUT2D eigenvalue weighted by Gasteiger charge is 2.37. The number of nitro benzene ring substituents is 1. The fraction of sp³-hybridized carbons (Fsp3) is 0.154. The zero-order valence-electron chi connectivity index (χ0n) is 19.8. The van der Waals surface area contributed by atoms with E-state index in [-0.39, 0.29) is 17.0 Å². The molecule has 1 aliphatic heterocycles. The predicted molar refractivity (Wildman–Crippen MR) is 136 cm³/mol. The van der Waals surface area contributed by atoms with Gasteiger partial charge in [0.05, 0.1) is 53.4 Å². The van der Waals surface area contributed by atoms with Crippen molar-refractivity contribution < 1.29 is 19.2 Å². The van der Waals surface area contributed by atoms with Gasteiger partial charge in [0.25, 0.3) is 11.6 Å². The molecule has 0 fully saturated rings. The van der Waals surface area contributed by atoms with Gasteiger partial charge in [-0.25, -0.2) is 4.98 Å². The predicted octanol–water partition coefficient (Wildman–Crippen LogP) is 5.00. The van der Waals surface area contributed by atoms with E-state index in [0.29, 0.717) is 28.7 Å². The van der Waals surface area contributed by atoms with E-state index in [2.05, 4.69) is 15.6 Å². The van der Waals surface area contributed by atoms with Crippen molar-refractivity contribution in [2.45, 2.75) is 13.0 Å². The van der Waals surface area contributed by atoms with Crippen molar-refractivity contribution >= 4 is 40.0 Å². The summed E-state index contributed by atoms with van der Waals surface area (Å²) in [5, 5.41) is 18.3. The van der Waals surface area contributed by atoms with E-state index in [9.17, 15) is 14.9 Å². The van der Waals surface area contributed by atoms with Gasteiger partial charge in [-0.1, -0.05) is 30.3 Å². The van der Waals surface area contributed by atoms with Crippen LogP contribution in [0.2, 0.25) is 0 Å². The number of para-hydroxylation sites is 3. The van der Waals surface area contributed by atoms with Gasteiger partial charge < -0.3 is 20.1 Å². The number of nitro groups is 1. The molecule has 0 saturated carbocycles. The summed E-state index contributed by atoms with van der Waals surface area (Å²) >= 11 is 0. The highest BCUT2D eigenvalue weighted by molar-refractivity contribution is 6.10. The Kier molecular flexibility index (Phi) is 5.77. The molecule has 10 heteroatoms. The Balaban J connectivity index is 1.74. The van der Waals surface area contributed by atoms with Crippen LogP contribution in [0.15, 0.2) is 72.3 Å². The number of carbonyl (C=O) groups is 1.